The van der Waals surface area contributed by atoms with Crippen molar-refractivity contribution in [3.63, 3.8) is 0 Å². The highest BCUT2D eigenvalue weighted by atomic mass is 35.5. The Hall–Kier alpha value is -1.12. The molecule has 3 aromatic rings. The van der Waals surface area contributed by atoms with Gasteiger partial charge in [-0.15, -0.1) is 0 Å². The van der Waals surface area contributed by atoms with E-state index in [4.69, 9.17) is 34.8 Å². The van der Waals surface area contributed by atoms with Crippen molar-refractivity contribution in [1.29, 1.82) is 0 Å². The van der Waals surface area contributed by atoms with Gasteiger partial charge in [-0.25, -0.2) is 0 Å². The van der Waals surface area contributed by atoms with Gasteiger partial charge in [-0.2, -0.15) is 0 Å². The van der Waals surface area contributed by atoms with Gasteiger partial charge in [0.05, 0.1) is 10.0 Å². The molecule has 0 aromatic heterocycles. The highest BCUT2D eigenvalue weighted by Crippen LogP contribution is 2.40. The van der Waals surface area contributed by atoms with Crippen LogP contribution in [0.2, 0.25) is 15.1 Å². The fraction of sp³-hybridized carbons (Fsp3) is 0. The fourth-order valence-electron chi connectivity index (χ4n) is 2.21. The van der Waals surface area contributed by atoms with Crippen LogP contribution in [0.25, 0.3) is 0 Å². The monoisotopic (exact) mass is 365 g/mol. The number of rotatable bonds is 3. The average molecular weight is 367 g/mol. The van der Waals surface area contributed by atoms with Crippen molar-refractivity contribution in [2.75, 3.05) is 0 Å². The quantitative estimate of drug-likeness (QED) is 0.450. The summed E-state index contributed by atoms with van der Waals surface area (Å²) >= 11 is 19.0. The molecule has 0 bridgehead atoms. The van der Waals surface area contributed by atoms with Crippen molar-refractivity contribution in [1.82, 2.24) is 0 Å². The van der Waals surface area contributed by atoms with Crippen LogP contribution in [0.5, 0.6) is 0 Å². The Bertz CT molecular complexity index is 710. The van der Waals surface area contributed by atoms with Crippen molar-refractivity contribution in [2.24, 2.45) is 0 Å². The molecule has 0 N–H and O–H groups in total. The predicted octanol–water partition coefficient (Wildman–Crippen LogP) is 6.74. The van der Waals surface area contributed by atoms with Gasteiger partial charge in [-0.3, -0.25) is 0 Å². The van der Waals surface area contributed by atoms with Gasteiger partial charge in [0.15, 0.2) is 9.79 Å². The maximum atomic E-state index is 6.47. The zero-order chi connectivity index (χ0) is 15.5. The highest BCUT2D eigenvalue weighted by Gasteiger charge is 2.33. The Kier molecular flexibility index (Phi) is 5.00. The minimum atomic E-state index is -0.369. The van der Waals surface area contributed by atoms with Crippen LogP contribution in [0.1, 0.15) is 0 Å². The van der Waals surface area contributed by atoms with Gasteiger partial charge in [-0.05, 0) is 36.4 Å². The van der Waals surface area contributed by atoms with E-state index in [1.165, 1.54) is 9.79 Å². The number of benzene rings is 3. The smallest absolute Gasteiger partial charge is 0.0842 e. The second-order valence-corrected chi connectivity index (χ2v) is 7.85. The van der Waals surface area contributed by atoms with E-state index >= 15 is 0 Å². The molecule has 110 valence electrons. The summed E-state index contributed by atoms with van der Waals surface area (Å²) in [4.78, 5) is 3.24. The van der Waals surface area contributed by atoms with E-state index in [-0.39, 0.29) is 10.9 Å². The maximum Gasteiger partial charge on any atom is 0.203 e. The van der Waals surface area contributed by atoms with Gasteiger partial charge in [-0.1, -0.05) is 71.2 Å². The number of hydrogen-bond donors (Lipinski definition) is 0. The lowest BCUT2D eigenvalue weighted by Crippen LogP contribution is -2.06. The molecule has 0 radical (unpaired) electrons. The van der Waals surface area contributed by atoms with Crippen molar-refractivity contribution >= 4 is 45.7 Å². The van der Waals surface area contributed by atoms with Gasteiger partial charge in [0.1, 0.15) is 10.9 Å². The number of halogens is 3. The van der Waals surface area contributed by atoms with Gasteiger partial charge in [0.25, 0.3) is 0 Å². The third-order valence-electron chi connectivity index (χ3n) is 3.12. The molecular formula is C18H12Cl3S+. The number of hydrogen-bond acceptors (Lipinski definition) is 0. The van der Waals surface area contributed by atoms with E-state index in [1.54, 1.807) is 12.1 Å². The molecule has 3 aromatic carbocycles. The molecule has 0 saturated carbocycles. The maximum absolute atomic E-state index is 6.47. The van der Waals surface area contributed by atoms with Gasteiger partial charge in [0, 0.05) is 5.02 Å². The zero-order valence-corrected chi connectivity index (χ0v) is 14.6. The van der Waals surface area contributed by atoms with Gasteiger partial charge in [0.2, 0.25) is 4.90 Å². The molecule has 0 saturated heterocycles. The molecule has 0 amide bonds. The predicted molar refractivity (Wildman–Crippen MR) is 96.5 cm³/mol. The first-order valence-corrected chi connectivity index (χ1v) is 9.01. The average Bonchev–Trinajstić information content (AvgIpc) is 2.52. The Balaban J connectivity index is 2.24. The van der Waals surface area contributed by atoms with Crippen LogP contribution in [0.4, 0.5) is 0 Å². The molecule has 0 unspecified atom stereocenters. The molecule has 4 heteroatoms. The van der Waals surface area contributed by atoms with Crippen LogP contribution < -0.4 is 0 Å². The zero-order valence-electron chi connectivity index (χ0n) is 11.5. The third kappa shape index (κ3) is 3.28. The summed E-state index contributed by atoms with van der Waals surface area (Å²) in [5.74, 6) is 0. The first-order chi connectivity index (χ1) is 10.7. The van der Waals surface area contributed by atoms with E-state index in [2.05, 4.69) is 24.3 Å². The molecule has 0 atom stereocenters. The van der Waals surface area contributed by atoms with E-state index in [9.17, 15) is 0 Å². The van der Waals surface area contributed by atoms with E-state index in [1.807, 2.05) is 36.4 Å². The Morgan fingerprint density at radius 3 is 1.41 bits per heavy atom. The topological polar surface area (TPSA) is 0 Å². The molecule has 0 aliphatic heterocycles. The van der Waals surface area contributed by atoms with Crippen molar-refractivity contribution in [3.8, 4) is 0 Å². The minimum absolute atomic E-state index is 0.369. The van der Waals surface area contributed by atoms with Crippen LogP contribution in [-0.4, -0.2) is 0 Å². The van der Waals surface area contributed by atoms with Crippen LogP contribution in [0.15, 0.2) is 87.5 Å². The summed E-state index contributed by atoms with van der Waals surface area (Å²) in [5.41, 5.74) is 0. The van der Waals surface area contributed by atoms with Crippen LogP contribution in [-0.2, 0) is 10.9 Å². The molecular weight excluding hydrogens is 355 g/mol. The lowest BCUT2D eigenvalue weighted by molar-refractivity contribution is 1.32. The SMILES string of the molecule is Clc1cc(Cl)c([S+](c2ccccc2)c2ccccc2)c(Cl)c1. The van der Waals surface area contributed by atoms with Gasteiger partial charge < -0.3 is 0 Å². The fourth-order valence-corrected chi connectivity index (χ4v) is 5.60. The lowest BCUT2D eigenvalue weighted by atomic mass is 10.3. The van der Waals surface area contributed by atoms with Crippen molar-refractivity contribution in [3.05, 3.63) is 87.9 Å². The van der Waals surface area contributed by atoms with E-state index in [0.717, 1.165) is 4.90 Å². The highest BCUT2D eigenvalue weighted by molar-refractivity contribution is 7.97. The normalized spacial score (nSPS) is 10.9. The van der Waals surface area contributed by atoms with E-state index < -0.39 is 0 Å². The second-order valence-electron chi connectivity index (χ2n) is 4.63. The van der Waals surface area contributed by atoms with E-state index in [0.29, 0.717) is 15.1 Å². The summed E-state index contributed by atoms with van der Waals surface area (Å²) in [6.07, 6.45) is 0. The molecule has 0 nitrogen and oxygen atoms in total. The van der Waals surface area contributed by atoms with Gasteiger partial charge >= 0.3 is 0 Å². The standard InChI is InChI=1S/C18H12Cl3S/c19-13-11-16(20)18(17(21)12-13)22(14-7-3-1-4-8-14)15-9-5-2-6-10-15/h1-12H/q+1. The summed E-state index contributed by atoms with van der Waals surface area (Å²) < 4.78 is 0. The molecule has 0 fully saturated rings. The minimum Gasteiger partial charge on any atom is -0.0842 e. The summed E-state index contributed by atoms with van der Waals surface area (Å²) in [7, 11) is -0.369. The van der Waals surface area contributed by atoms with Crippen LogP contribution in [0, 0.1) is 0 Å². The Labute approximate surface area is 148 Å². The molecule has 0 spiro atoms. The summed E-state index contributed by atoms with van der Waals surface area (Å²) in [6.45, 7) is 0. The van der Waals surface area contributed by atoms with Crippen molar-refractivity contribution in [2.45, 2.75) is 14.7 Å². The summed E-state index contributed by atoms with van der Waals surface area (Å²) in [6, 6.07) is 24.0. The first kappa shape index (κ1) is 15.8. The molecule has 0 heterocycles. The van der Waals surface area contributed by atoms with Crippen LogP contribution in [0.3, 0.4) is 0 Å². The largest absolute Gasteiger partial charge is 0.203 e. The van der Waals surface area contributed by atoms with Crippen molar-refractivity contribution < 1.29 is 0 Å². The Morgan fingerprint density at radius 2 is 1.00 bits per heavy atom. The lowest BCUT2D eigenvalue weighted by Gasteiger charge is -2.11. The Morgan fingerprint density at radius 1 is 0.591 bits per heavy atom. The molecule has 22 heavy (non-hydrogen) atoms. The second kappa shape index (κ2) is 6.97. The molecule has 3 rings (SSSR count). The molecule has 0 aliphatic carbocycles. The molecule has 0 aliphatic rings. The third-order valence-corrected chi connectivity index (χ3v) is 6.50. The first-order valence-electron chi connectivity index (χ1n) is 6.66. The van der Waals surface area contributed by atoms with Crippen LogP contribution >= 0.6 is 34.8 Å². The summed E-state index contributed by atoms with van der Waals surface area (Å²) in [5, 5.41) is 1.73.